The Balaban J connectivity index is 2.34. The number of aryl methyl sites for hydroxylation is 1. The van der Waals surface area contributed by atoms with Crippen LogP contribution in [0.25, 0.3) is 5.78 Å². The third kappa shape index (κ3) is 2.24. The van der Waals surface area contributed by atoms with Gasteiger partial charge in [-0.3, -0.25) is 5.41 Å². The summed E-state index contributed by atoms with van der Waals surface area (Å²) in [6.07, 6.45) is 1.48. The molecule has 96 valence electrons. The van der Waals surface area contributed by atoms with E-state index in [2.05, 4.69) is 15.1 Å². The van der Waals surface area contributed by atoms with Gasteiger partial charge in [0.25, 0.3) is 5.78 Å². The van der Waals surface area contributed by atoms with Gasteiger partial charge < -0.3 is 10.6 Å². The van der Waals surface area contributed by atoms with E-state index >= 15 is 0 Å². The molecule has 0 aliphatic heterocycles. The van der Waals surface area contributed by atoms with E-state index in [9.17, 15) is 0 Å². The van der Waals surface area contributed by atoms with Crippen molar-refractivity contribution in [2.45, 2.75) is 13.8 Å². The van der Waals surface area contributed by atoms with E-state index in [1.807, 2.05) is 31.9 Å². The third-order valence-corrected chi connectivity index (χ3v) is 2.83. The summed E-state index contributed by atoms with van der Waals surface area (Å²) >= 11 is 0. The van der Waals surface area contributed by atoms with Crippen molar-refractivity contribution in [3.05, 3.63) is 18.1 Å². The molecule has 7 heteroatoms. The van der Waals surface area contributed by atoms with Crippen molar-refractivity contribution < 1.29 is 0 Å². The molecule has 0 spiro atoms. The first-order valence-electron chi connectivity index (χ1n) is 5.71. The molecule has 0 saturated carbocycles. The Kier molecular flexibility index (Phi) is 3.14. The molecule has 2 rings (SSSR count). The summed E-state index contributed by atoms with van der Waals surface area (Å²) in [6, 6.07) is 1.94. The van der Waals surface area contributed by atoms with Crippen LogP contribution in [0.5, 0.6) is 0 Å². The minimum Gasteiger partial charge on any atom is -0.387 e. The third-order valence-electron chi connectivity index (χ3n) is 2.83. The predicted molar refractivity (Wildman–Crippen MR) is 69.9 cm³/mol. The number of hydrogen-bond donors (Lipinski definition) is 2. The van der Waals surface area contributed by atoms with Crippen molar-refractivity contribution in [1.82, 2.24) is 19.6 Å². The number of nitrogens with two attached hydrogens (primary N) is 1. The van der Waals surface area contributed by atoms with Crippen molar-refractivity contribution in [2.75, 3.05) is 18.5 Å². The highest BCUT2D eigenvalue weighted by Gasteiger charge is 2.14. The van der Waals surface area contributed by atoms with E-state index in [0.717, 1.165) is 11.5 Å². The van der Waals surface area contributed by atoms with E-state index in [4.69, 9.17) is 11.1 Å². The fourth-order valence-electron chi connectivity index (χ4n) is 1.79. The molecule has 7 nitrogen and oxygen atoms in total. The van der Waals surface area contributed by atoms with E-state index in [0.29, 0.717) is 12.3 Å². The molecule has 0 aromatic carbocycles. The highest BCUT2D eigenvalue weighted by atomic mass is 15.4. The lowest BCUT2D eigenvalue weighted by Crippen LogP contribution is -2.33. The van der Waals surface area contributed by atoms with Crippen molar-refractivity contribution in [1.29, 1.82) is 5.41 Å². The molecule has 2 heterocycles. The van der Waals surface area contributed by atoms with Crippen molar-refractivity contribution >= 4 is 17.4 Å². The topological polar surface area (TPSA) is 96.2 Å². The standard InChI is InChI=1S/C11H17N7/c1-7(10(12)13)5-17(3)9-4-8(2)16-11-14-6-15-18(9)11/h4,6-7H,5H2,1-3H3,(H3,12,13). The lowest BCUT2D eigenvalue weighted by molar-refractivity contribution is 0.710. The maximum absolute atomic E-state index is 7.44. The van der Waals surface area contributed by atoms with Crippen LogP contribution in [0.1, 0.15) is 12.6 Å². The number of amidine groups is 1. The first-order chi connectivity index (χ1) is 8.49. The maximum atomic E-state index is 7.44. The number of nitrogens with one attached hydrogen (secondary N) is 1. The Morgan fingerprint density at radius 1 is 1.61 bits per heavy atom. The van der Waals surface area contributed by atoms with Gasteiger partial charge in [-0.1, -0.05) is 6.92 Å². The maximum Gasteiger partial charge on any atom is 0.254 e. The van der Waals surface area contributed by atoms with Gasteiger partial charge in [-0.2, -0.15) is 14.6 Å². The molecule has 2 aromatic rings. The normalized spacial score (nSPS) is 12.6. The number of aromatic nitrogens is 4. The Hall–Kier alpha value is -2.18. The van der Waals surface area contributed by atoms with E-state index in [1.165, 1.54) is 6.33 Å². The van der Waals surface area contributed by atoms with Crippen LogP contribution in [0.4, 0.5) is 5.82 Å². The second kappa shape index (κ2) is 4.59. The lowest BCUT2D eigenvalue weighted by atomic mass is 10.1. The van der Waals surface area contributed by atoms with E-state index in [1.54, 1.807) is 4.52 Å². The van der Waals surface area contributed by atoms with Crippen molar-refractivity contribution in [2.24, 2.45) is 11.7 Å². The zero-order valence-electron chi connectivity index (χ0n) is 10.8. The molecular formula is C11H17N7. The average molecular weight is 247 g/mol. The summed E-state index contributed by atoms with van der Waals surface area (Å²) in [5.74, 6) is 1.64. The Morgan fingerprint density at radius 2 is 2.33 bits per heavy atom. The molecule has 0 saturated heterocycles. The number of nitrogens with zero attached hydrogens (tertiary/aromatic N) is 5. The van der Waals surface area contributed by atoms with Crippen molar-refractivity contribution in [3.8, 4) is 0 Å². The average Bonchev–Trinajstić information content (AvgIpc) is 2.75. The number of rotatable bonds is 4. The monoisotopic (exact) mass is 247 g/mol. The van der Waals surface area contributed by atoms with Crippen LogP contribution in [0, 0.1) is 18.3 Å². The number of anilines is 1. The molecule has 1 unspecified atom stereocenters. The molecule has 1 atom stereocenters. The van der Waals surface area contributed by atoms with Gasteiger partial charge in [0.2, 0.25) is 0 Å². The Labute approximate surface area is 105 Å². The van der Waals surface area contributed by atoms with E-state index in [-0.39, 0.29) is 11.8 Å². The Bertz CT molecular complexity index is 574. The summed E-state index contributed by atoms with van der Waals surface area (Å²) < 4.78 is 1.68. The molecule has 0 bridgehead atoms. The fraction of sp³-hybridized carbons (Fsp3) is 0.455. The molecular weight excluding hydrogens is 230 g/mol. The zero-order chi connectivity index (χ0) is 13.3. The van der Waals surface area contributed by atoms with Crippen LogP contribution >= 0.6 is 0 Å². The van der Waals surface area contributed by atoms with Gasteiger partial charge in [-0.15, -0.1) is 0 Å². The SMILES string of the molecule is Cc1cc(N(C)CC(C)C(=N)N)n2ncnc2n1. The quantitative estimate of drug-likeness (QED) is 0.603. The molecule has 18 heavy (non-hydrogen) atoms. The van der Waals surface area contributed by atoms with Gasteiger partial charge in [-0.25, -0.2) is 4.98 Å². The van der Waals surface area contributed by atoms with Crippen LogP contribution < -0.4 is 10.6 Å². The lowest BCUT2D eigenvalue weighted by Gasteiger charge is -2.23. The smallest absolute Gasteiger partial charge is 0.254 e. The molecule has 0 amide bonds. The van der Waals surface area contributed by atoms with Gasteiger partial charge in [0, 0.05) is 31.3 Å². The number of hydrogen-bond acceptors (Lipinski definition) is 5. The second-order valence-electron chi connectivity index (χ2n) is 4.46. The molecule has 2 aromatic heterocycles. The predicted octanol–water partition coefficient (Wildman–Crippen LogP) is 0.441. The van der Waals surface area contributed by atoms with Crippen molar-refractivity contribution in [3.63, 3.8) is 0 Å². The second-order valence-corrected chi connectivity index (χ2v) is 4.46. The van der Waals surface area contributed by atoms with Crippen LogP contribution in [-0.2, 0) is 0 Å². The summed E-state index contributed by atoms with van der Waals surface area (Å²) in [5, 5.41) is 11.6. The first-order valence-corrected chi connectivity index (χ1v) is 5.71. The minimum absolute atomic E-state index is 0.0120. The largest absolute Gasteiger partial charge is 0.387 e. The summed E-state index contributed by atoms with van der Waals surface area (Å²) in [7, 11) is 1.94. The van der Waals surface area contributed by atoms with E-state index < -0.39 is 0 Å². The van der Waals surface area contributed by atoms with Crippen LogP contribution in [-0.4, -0.2) is 39.0 Å². The van der Waals surface area contributed by atoms with Gasteiger partial charge >= 0.3 is 0 Å². The molecule has 0 aliphatic carbocycles. The first kappa shape index (κ1) is 12.3. The molecule has 0 fully saturated rings. The molecule has 0 aliphatic rings. The van der Waals surface area contributed by atoms with Crippen LogP contribution in [0.2, 0.25) is 0 Å². The van der Waals surface area contributed by atoms with Gasteiger partial charge in [0.15, 0.2) is 0 Å². The van der Waals surface area contributed by atoms with Gasteiger partial charge in [-0.05, 0) is 6.92 Å². The molecule has 0 radical (unpaired) electrons. The fourth-order valence-corrected chi connectivity index (χ4v) is 1.79. The zero-order valence-corrected chi connectivity index (χ0v) is 10.8. The highest BCUT2D eigenvalue weighted by Crippen LogP contribution is 2.15. The summed E-state index contributed by atoms with van der Waals surface area (Å²) in [5.41, 5.74) is 6.38. The summed E-state index contributed by atoms with van der Waals surface area (Å²) in [6.45, 7) is 4.49. The molecule has 3 N–H and O–H groups in total. The summed E-state index contributed by atoms with van der Waals surface area (Å²) in [4.78, 5) is 10.4. The van der Waals surface area contributed by atoms with Crippen LogP contribution in [0.3, 0.4) is 0 Å². The minimum atomic E-state index is -0.0120. The van der Waals surface area contributed by atoms with Gasteiger partial charge in [0.1, 0.15) is 12.1 Å². The van der Waals surface area contributed by atoms with Crippen LogP contribution in [0.15, 0.2) is 12.4 Å². The number of fused-ring (bicyclic) bond motifs is 1. The highest BCUT2D eigenvalue weighted by molar-refractivity contribution is 5.79. The van der Waals surface area contributed by atoms with Gasteiger partial charge in [0.05, 0.1) is 5.84 Å². The Morgan fingerprint density at radius 3 is 3.00 bits per heavy atom.